The SMILES string of the molecule is CN=C(NCCC(c1ccccc1)c1ccccc1)N1CCS(=O)(=O)C(C)(C)C1.I. The lowest BCUT2D eigenvalue weighted by Crippen LogP contribution is -2.57. The summed E-state index contributed by atoms with van der Waals surface area (Å²) in [5.74, 6) is 1.23. The van der Waals surface area contributed by atoms with Crippen LogP contribution < -0.4 is 5.32 Å². The van der Waals surface area contributed by atoms with E-state index in [-0.39, 0.29) is 29.7 Å². The molecule has 1 aliphatic heterocycles. The molecule has 0 aromatic heterocycles. The van der Waals surface area contributed by atoms with Crippen molar-refractivity contribution in [3.05, 3.63) is 71.8 Å². The molecule has 1 fully saturated rings. The Hall–Kier alpha value is -1.61. The molecular formula is C23H32IN3O2S. The van der Waals surface area contributed by atoms with Crippen LogP contribution in [0.25, 0.3) is 0 Å². The lowest BCUT2D eigenvalue weighted by molar-refractivity contribution is 0.353. The first kappa shape index (κ1) is 24.7. The van der Waals surface area contributed by atoms with E-state index in [9.17, 15) is 8.42 Å². The summed E-state index contributed by atoms with van der Waals surface area (Å²) >= 11 is 0. The summed E-state index contributed by atoms with van der Waals surface area (Å²) in [7, 11) is -1.31. The van der Waals surface area contributed by atoms with Crippen molar-refractivity contribution in [1.29, 1.82) is 0 Å². The molecule has 2 aromatic rings. The van der Waals surface area contributed by atoms with Crippen molar-refractivity contribution in [3.8, 4) is 0 Å². The molecule has 1 heterocycles. The Kier molecular flexibility index (Phi) is 8.73. The minimum atomic E-state index is -3.07. The number of sulfone groups is 1. The van der Waals surface area contributed by atoms with E-state index in [4.69, 9.17) is 0 Å². The van der Waals surface area contributed by atoms with Gasteiger partial charge in [-0.25, -0.2) is 8.42 Å². The van der Waals surface area contributed by atoms with Gasteiger partial charge in [0.15, 0.2) is 15.8 Å². The third-order valence-electron chi connectivity index (χ3n) is 5.67. The molecule has 1 N–H and O–H groups in total. The second kappa shape index (κ2) is 10.6. The largest absolute Gasteiger partial charge is 0.356 e. The van der Waals surface area contributed by atoms with E-state index in [1.54, 1.807) is 20.9 Å². The van der Waals surface area contributed by atoms with Gasteiger partial charge in [-0.3, -0.25) is 4.99 Å². The summed E-state index contributed by atoms with van der Waals surface area (Å²) in [4.78, 5) is 6.46. The summed E-state index contributed by atoms with van der Waals surface area (Å²) in [6.07, 6.45) is 0.919. The second-order valence-corrected chi connectivity index (χ2v) is 10.9. The molecule has 164 valence electrons. The minimum absolute atomic E-state index is 0. The maximum atomic E-state index is 12.3. The number of hydrogen-bond acceptors (Lipinski definition) is 3. The number of nitrogens with zero attached hydrogens (tertiary/aromatic N) is 2. The van der Waals surface area contributed by atoms with Gasteiger partial charge in [0.05, 0.1) is 10.5 Å². The molecule has 0 atom stereocenters. The fourth-order valence-corrected chi connectivity index (χ4v) is 5.25. The third-order valence-corrected chi connectivity index (χ3v) is 8.21. The van der Waals surface area contributed by atoms with Gasteiger partial charge in [-0.1, -0.05) is 60.7 Å². The van der Waals surface area contributed by atoms with Crippen LogP contribution in [-0.2, 0) is 9.84 Å². The molecule has 0 radical (unpaired) electrons. The van der Waals surface area contributed by atoms with Crippen LogP contribution >= 0.6 is 24.0 Å². The van der Waals surface area contributed by atoms with Crippen LogP contribution in [0.4, 0.5) is 0 Å². The van der Waals surface area contributed by atoms with Gasteiger partial charge in [0.1, 0.15) is 0 Å². The van der Waals surface area contributed by atoms with Crippen LogP contribution in [-0.4, -0.2) is 56.5 Å². The Morgan fingerprint density at radius 2 is 1.60 bits per heavy atom. The van der Waals surface area contributed by atoms with E-state index in [1.165, 1.54) is 11.1 Å². The lowest BCUT2D eigenvalue weighted by Gasteiger charge is -2.39. The summed E-state index contributed by atoms with van der Waals surface area (Å²) in [6.45, 7) is 5.28. The zero-order chi connectivity index (χ0) is 20.9. The minimum Gasteiger partial charge on any atom is -0.356 e. The van der Waals surface area contributed by atoms with E-state index in [0.717, 1.165) is 18.9 Å². The molecule has 0 amide bonds. The summed E-state index contributed by atoms with van der Waals surface area (Å²) < 4.78 is 23.8. The van der Waals surface area contributed by atoms with Crippen molar-refractivity contribution in [2.24, 2.45) is 4.99 Å². The van der Waals surface area contributed by atoms with Gasteiger partial charge in [0, 0.05) is 32.6 Å². The molecular weight excluding hydrogens is 509 g/mol. The van der Waals surface area contributed by atoms with Gasteiger partial charge in [-0.2, -0.15) is 0 Å². The Balaban J connectivity index is 0.00000320. The fourth-order valence-electron chi connectivity index (χ4n) is 3.88. The van der Waals surface area contributed by atoms with Crippen LogP contribution in [0.5, 0.6) is 0 Å². The highest BCUT2D eigenvalue weighted by Crippen LogP contribution is 2.27. The first-order valence-corrected chi connectivity index (χ1v) is 11.8. The molecule has 1 saturated heterocycles. The predicted molar refractivity (Wildman–Crippen MR) is 136 cm³/mol. The van der Waals surface area contributed by atoms with Crippen LogP contribution in [0.15, 0.2) is 65.7 Å². The van der Waals surface area contributed by atoms with Crippen LogP contribution in [0.3, 0.4) is 0 Å². The van der Waals surface area contributed by atoms with Crippen molar-refractivity contribution in [2.75, 3.05) is 32.4 Å². The highest BCUT2D eigenvalue weighted by molar-refractivity contribution is 14.0. The van der Waals surface area contributed by atoms with E-state index in [1.807, 2.05) is 12.1 Å². The average Bonchev–Trinajstić information content (AvgIpc) is 2.72. The summed E-state index contributed by atoms with van der Waals surface area (Å²) in [6, 6.07) is 21.1. The Morgan fingerprint density at radius 3 is 2.07 bits per heavy atom. The number of aliphatic imine (C=N–C) groups is 1. The molecule has 0 spiro atoms. The van der Waals surface area contributed by atoms with Crippen molar-refractivity contribution >= 4 is 39.8 Å². The highest BCUT2D eigenvalue weighted by Gasteiger charge is 2.40. The normalized spacial score (nSPS) is 18.0. The van der Waals surface area contributed by atoms with Crippen LogP contribution in [0.2, 0.25) is 0 Å². The molecule has 0 bridgehead atoms. The number of benzene rings is 2. The average molecular weight is 541 g/mol. The fraction of sp³-hybridized carbons (Fsp3) is 0.435. The van der Waals surface area contributed by atoms with Gasteiger partial charge in [-0.15, -0.1) is 24.0 Å². The first-order valence-electron chi connectivity index (χ1n) is 10.1. The van der Waals surface area contributed by atoms with Crippen molar-refractivity contribution < 1.29 is 8.42 Å². The van der Waals surface area contributed by atoms with Crippen LogP contribution in [0, 0.1) is 0 Å². The maximum absolute atomic E-state index is 12.3. The Labute approximate surface area is 197 Å². The van der Waals surface area contributed by atoms with Gasteiger partial charge < -0.3 is 10.2 Å². The number of nitrogens with one attached hydrogen (secondary N) is 1. The molecule has 3 rings (SSSR count). The molecule has 5 nitrogen and oxygen atoms in total. The van der Waals surface area contributed by atoms with E-state index >= 15 is 0 Å². The second-order valence-electron chi connectivity index (χ2n) is 8.14. The highest BCUT2D eigenvalue weighted by atomic mass is 127. The zero-order valence-corrected chi connectivity index (χ0v) is 21.1. The van der Waals surface area contributed by atoms with E-state index < -0.39 is 14.6 Å². The zero-order valence-electron chi connectivity index (χ0n) is 17.9. The maximum Gasteiger partial charge on any atom is 0.193 e. The topological polar surface area (TPSA) is 61.8 Å². The molecule has 0 saturated carbocycles. The molecule has 1 aliphatic rings. The standard InChI is InChI=1S/C23H31N3O2S.HI/c1-23(2)18-26(16-17-29(23,27)28)22(24-3)25-15-14-21(19-10-6-4-7-11-19)20-12-8-5-9-13-20;/h4-13,21H,14-18H2,1-3H3,(H,24,25);1H. The smallest absolute Gasteiger partial charge is 0.193 e. The van der Waals surface area contributed by atoms with E-state index in [2.05, 4.69) is 63.7 Å². The number of guanidine groups is 1. The van der Waals surface area contributed by atoms with Gasteiger partial charge in [0.2, 0.25) is 0 Å². The van der Waals surface area contributed by atoms with Crippen molar-refractivity contribution in [1.82, 2.24) is 10.2 Å². The van der Waals surface area contributed by atoms with E-state index in [0.29, 0.717) is 19.0 Å². The monoisotopic (exact) mass is 541 g/mol. The quantitative estimate of drug-likeness (QED) is 0.355. The molecule has 2 aromatic carbocycles. The lowest BCUT2D eigenvalue weighted by atomic mass is 9.88. The first-order chi connectivity index (χ1) is 13.8. The summed E-state index contributed by atoms with van der Waals surface area (Å²) in [5.41, 5.74) is 2.58. The van der Waals surface area contributed by atoms with Gasteiger partial charge in [-0.05, 0) is 31.4 Å². The number of hydrogen-bond donors (Lipinski definition) is 1. The molecule has 30 heavy (non-hydrogen) atoms. The third kappa shape index (κ3) is 5.75. The van der Waals surface area contributed by atoms with Crippen molar-refractivity contribution in [2.45, 2.75) is 30.9 Å². The number of rotatable bonds is 5. The Bertz CT molecular complexity index is 892. The van der Waals surface area contributed by atoms with Crippen LogP contribution in [0.1, 0.15) is 37.3 Å². The predicted octanol–water partition coefficient (Wildman–Crippen LogP) is 3.91. The van der Waals surface area contributed by atoms with Gasteiger partial charge >= 0.3 is 0 Å². The van der Waals surface area contributed by atoms with Gasteiger partial charge in [0.25, 0.3) is 0 Å². The molecule has 0 aliphatic carbocycles. The summed E-state index contributed by atoms with van der Waals surface area (Å²) in [5, 5.41) is 3.46. The Morgan fingerprint density at radius 1 is 1.07 bits per heavy atom. The molecule has 0 unspecified atom stereocenters. The number of halogens is 1. The van der Waals surface area contributed by atoms with Crippen molar-refractivity contribution in [3.63, 3.8) is 0 Å². The molecule has 7 heteroatoms.